The molecule has 0 bridgehead atoms. The number of nitrogens with one attached hydrogen (secondary N) is 1. The van der Waals surface area contributed by atoms with Crippen LogP contribution in [-0.4, -0.2) is 42.1 Å². The Kier molecular flexibility index (Phi) is 6.23. The number of nitrogens with zero attached hydrogens (tertiary/aromatic N) is 3. The van der Waals surface area contributed by atoms with Gasteiger partial charge in [-0.05, 0) is 55.3 Å². The van der Waals surface area contributed by atoms with E-state index in [2.05, 4.69) is 9.82 Å². The smallest absolute Gasteiger partial charge is 0.291 e. The lowest BCUT2D eigenvalue weighted by Crippen LogP contribution is -2.27. The predicted molar refractivity (Wildman–Crippen MR) is 122 cm³/mol. The summed E-state index contributed by atoms with van der Waals surface area (Å²) in [6.07, 6.45) is 3.17. The second-order valence-corrected chi connectivity index (χ2v) is 9.67. The van der Waals surface area contributed by atoms with E-state index in [-0.39, 0.29) is 26.5 Å². The summed E-state index contributed by atoms with van der Waals surface area (Å²) in [6.45, 7) is 1.41. The maximum absolute atomic E-state index is 12.8. The van der Waals surface area contributed by atoms with E-state index >= 15 is 0 Å². The van der Waals surface area contributed by atoms with Gasteiger partial charge in [0.25, 0.3) is 21.5 Å². The molecule has 1 aliphatic rings. The molecule has 1 aliphatic heterocycles. The molecule has 166 valence electrons. The van der Waals surface area contributed by atoms with Crippen LogP contribution in [0.4, 0.5) is 5.69 Å². The third-order valence-electron chi connectivity index (χ3n) is 5.02. The van der Waals surface area contributed by atoms with Crippen LogP contribution in [0.15, 0.2) is 64.4 Å². The third-order valence-corrected chi connectivity index (χ3v) is 7.17. The molecule has 0 unspecified atom stereocenters. The average molecular weight is 493 g/mol. The summed E-state index contributed by atoms with van der Waals surface area (Å²) in [5, 5.41) is 3.77. The molecular weight excluding hydrogens is 475 g/mol. The molecule has 1 saturated heterocycles. The molecule has 32 heavy (non-hydrogen) atoms. The fraction of sp³-hybridized carbons (Fsp3) is 0.190. The van der Waals surface area contributed by atoms with E-state index in [1.165, 1.54) is 36.5 Å². The topological polar surface area (TPSA) is 101 Å². The van der Waals surface area contributed by atoms with Gasteiger partial charge in [0, 0.05) is 24.3 Å². The Morgan fingerprint density at radius 2 is 1.72 bits per heavy atom. The molecular formula is C21H18Cl2N4O4S. The zero-order valence-electron chi connectivity index (χ0n) is 16.7. The summed E-state index contributed by atoms with van der Waals surface area (Å²) in [7, 11) is -3.93. The van der Waals surface area contributed by atoms with Gasteiger partial charge in [0.05, 0.1) is 21.8 Å². The first-order valence-corrected chi connectivity index (χ1v) is 12.0. The molecule has 11 heteroatoms. The molecule has 0 aliphatic carbocycles. The zero-order valence-corrected chi connectivity index (χ0v) is 19.0. The second-order valence-electron chi connectivity index (χ2n) is 7.20. The highest BCUT2D eigenvalue weighted by Crippen LogP contribution is 2.21. The number of aromatic nitrogens is 2. The van der Waals surface area contributed by atoms with Gasteiger partial charge in [0.1, 0.15) is 5.02 Å². The fourth-order valence-corrected chi connectivity index (χ4v) is 4.70. The number of likely N-dealkylation sites (tertiary alicyclic amines) is 1. The number of carbonyl (C=O) groups excluding carboxylic acids is 1. The predicted octanol–water partition coefficient (Wildman–Crippen LogP) is 3.58. The van der Waals surface area contributed by atoms with Gasteiger partial charge < -0.3 is 4.90 Å². The number of hydrogen-bond acceptors (Lipinski definition) is 5. The van der Waals surface area contributed by atoms with Gasteiger partial charge in [-0.3, -0.25) is 14.3 Å². The van der Waals surface area contributed by atoms with Crippen LogP contribution in [0.3, 0.4) is 0 Å². The molecule has 2 aromatic carbocycles. The molecule has 3 aromatic rings. The molecule has 0 radical (unpaired) electrons. The minimum atomic E-state index is -3.93. The Morgan fingerprint density at radius 1 is 1.03 bits per heavy atom. The van der Waals surface area contributed by atoms with Crippen molar-refractivity contribution in [1.29, 1.82) is 0 Å². The first-order valence-electron chi connectivity index (χ1n) is 9.72. The van der Waals surface area contributed by atoms with Gasteiger partial charge in [-0.2, -0.15) is 9.78 Å². The van der Waals surface area contributed by atoms with Crippen molar-refractivity contribution in [2.75, 3.05) is 17.8 Å². The Hall–Kier alpha value is -2.88. The molecule has 1 aromatic heterocycles. The summed E-state index contributed by atoms with van der Waals surface area (Å²) in [6, 6.07) is 11.9. The lowest BCUT2D eigenvalue weighted by atomic mass is 10.2. The Labute approximate surface area is 194 Å². The van der Waals surface area contributed by atoms with Crippen LogP contribution in [0.5, 0.6) is 0 Å². The van der Waals surface area contributed by atoms with Crippen molar-refractivity contribution >= 4 is 44.8 Å². The SMILES string of the molecule is O=C(c1cccc(NS(=O)(=O)c2ccc(-n3ncc(Cl)c(Cl)c3=O)cc2)c1)N1CCCC1. The highest BCUT2D eigenvalue weighted by atomic mass is 35.5. The summed E-state index contributed by atoms with van der Waals surface area (Å²) in [5.41, 5.74) is 0.409. The van der Waals surface area contributed by atoms with Gasteiger partial charge >= 0.3 is 0 Å². The Morgan fingerprint density at radius 3 is 2.41 bits per heavy atom. The van der Waals surface area contributed by atoms with Crippen molar-refractivity contribution in [1.82, 2.24) is 14.7 Å². The fourth-order valence-electron chi connectivity index (χ4n) is 3.40. The van der Waals surface area contributed by atoms with Gasteiger partial charge in [0.15, 0.2) is 0 Å². The van der Waals surface area contributed by atoms with Crippen LogP contribution in [0, 0.1) is 0 Å². The molecule has 1 amide bonds. The molecule has 0 atom stereocenters. The summed E-state index contributed by atoms with van der Waals surface area (Å²) in [5.74, 6) is -0.118. The number of sulfonamides is 1. The van der Waals surface area contributed by atoms with Crippen LogP contribution in [0.2, 0.25) is 10.0 Å². The summed E-state index contributed by atoms with van der Waals surface area (Å²) in [4.78, 5) is 26.5. The van der Waals surface area contributed by atoms with Crippen molar-refractivity contribution in [3.8, 4) is 5.69 Å². The van der Waals surface area contributed by atoms with Gasteiger partial charge in [-0.1, -0.05) is 29.3 Å². The zero-order chi connectivity index (χ0) is 22.9. The van der Waals surface area contributed by atoms with Crippen molar-refractivity contribution in [2.45, 2.75) is 17.7 Å². The maximum atomic E-state index is 12.8. The first-order chi connectivity index (χ1) is 15.3. The van der Waals surface area contributed by atoms with E-state index in [1.807, 2.05) is 0 Å². The highest BCUT2D eigenvalue weighted by molar-refractivity contribution is 7.92. The van der Waals surface area contributed by atoms with Gasteiger partial charge in [-0.25, -0.2) is 8.42 Å². The quantitative estimate of drug-likeness (QED) is 0.586. The molecule has 4 rings (SSSR count). The number of halogens is 2. The second kappa shape index (κ2) is 8.93. The monoisotopic (exact) mass is 492 g/mol. The number of rotatable bonds is 5. The van der Waals surface area contributed by atoms with E-state index < -0.39 is 15.6 Å². The number of carbonyl (C=O) groups is 1. The van der Waals surface area contributed by atoms with Crippen LogP contribution >= 0.6 is 23.2 Å². The van der Waals surface area contributed by atoms with Crippen molar-refractivity contribution in [3.63, 3.8) is 0 Å². The minimum absolute atomic E-state index is 0.0226. The molecule has 8 nitrogen and oxygen atoms in total. The lowest BCUT2D eigenvalue weighted by molar-refractivity contribution is 0.0793. The van der Waals surface area contributed by atoms with Crippen LogP contribution in [0.25, 0.3) is 5.69 Å². The summed E-state index contributed by atoms with van der Waals surface area (Å²) >= 11 is 11.6. The van der Waals surface area contributed by atoms with E-state index in [0.717, 1.165) is 17.5 Å². The lowest BCUT2D eigenvalue weighted by Gasteiger charge is -2.16. The van der Waals surface area contributed by atoms with Crippen molar-refractivity contribution in [2.24, 2.45) is 0 Å². The number of hydrogen-bond donors (Lipinski definition) is 1. The van der Waals surface area contributed by atoms with Gasteiger partial charge in [0.2, 0.25) is 0 Å². The Bertz CT molecular complexity index is 1330. The first kappa shape index (κ1) is 22.3. The molecule has 0 saturated carbocycles. The third kappa shape index (κ3) is 4.50. The van der Waals surface area contributed by atoms with E-state index in [9.17, 15) is 18.0 Å². The van der Waals surface area contributed by atoms with Crippen LogP contribution < -0.4 is 10.3 Å². The minimum Gasteiger partial charge on any atom is -0.339 e. The normalized spacial score (nSPS) is 13.9. The highest BCUT2D eigenvalue weighted by Gasteiger charge is 2.21. The molecule has 0 spiro atoms. The summed E-state index contributed by atoms with van der Waals surface area (Å²) < 4.78 is 29.2. The maximum Gasteiger partial charge on any atom is 0.291 e. The number of amides is 1. The number of benzene rings is 2. The number of anilines is 1. The Balaban J connectivity index is 1.56. The molecule has 2 heterocycles. The van der Waals surface area contributed by atoms with Crippen LogP contribution in [0.1, 0.15) is 23.2 Å². The van der Waals surface area contributed by atoms with E-state index in [4.69, 9.17) is 23.2 Å². The van der Waals surface area contributed by atoms with Gasteiger partial charge in [-0.15, -0.1) is 0 Å². The van der Waals surface area contributed by atoms with E-state index in [1.54, 1.807) is 23.1 Å². The molecule has 1 fully saturated rings. The van der Waals surface area contributed by atoms with Crippen LogP contribution in [-0.2, 0) is 10.0 Å². The largest absolute Gasteiger partial charge is 0.339 e. The van der Waals surface area contributed by atoms with E-state index in [0.29, 0.717) is 24.3 Å². The standard InChI is InChI=1S/C21H18Cl2N4O4S/c22-18-13-24-27(21(29)19(18)23)16-6-8-17(9-7-16)32(30,31)25-15-5-3-4-14(12-15)20(28)26-10-1-2-11-26/h3-9,12-13,25H,1-2,10-11H2. The van der Waals surface area contributed by atoms with Crippen molar-refractivity contribution in [3.05, 3.63) is 80.7 Å². The van der Waals surface area contributed by atoms with Crippen molar-refractivity contribution < 1.29 is 13.2 Å². The molecule has 1 N–H and O–H groups in total. The average Bonchev–Trinajstić information content (AvgIpc) is 3.32.